The molecule has 1 fully saturated rings. The Morgan fingerprint density at radius 1 is 0.895 bits per heavy atom. The number of halogens is 5. The van der Waals surface area contributed by atoms with Crippen LogP contribution in [0.15, 0.2) is 24.3 Å². The summed E-state index contributed by atoms with van der Waals surface area (Å²) in [6, 6.07) is 4.19. The Kier molecular flexibility index (Phi) is 3.33. The van der Waals surface area contributed by atoms with E-state index in [4.69, 9.17) is 5.73 Å². The minimum atomic E-state index is -5.58. The third-order valence-corrected chi connectivity index (χ3v) is 3.67. The molecule has 0 aromatic heterocycles. The molecule has 0 aliphatic heterocycles. The van der Waals surface area contributed by atoms with Gasteiger partial charge in [0.1, 0.15) is 0 Å². The van der Waals surface area contributed by atoms with Gasteiger partial charge in [-0.15, -0.1) is 0 Å². The van der Waals surface area contributed by atoms with Crippen molar-refractivity contribution in [3.8, 4) is 0 Å². The lowest BCUT2D eigenvalue weighted by molar-refractivity contribution is -0.289. The molecule has 0 radical (unpaired) electrons. The number of benzene rings is 1. The summed E-state index contributed by atoms with van der Waals surface area (Å²) in [5.74, 6) is -4.83. The maximum absolute atomic E-state index is 13.1. The normalized spacial score (nSPS) is 19.7. The highest BCUT2D eigenvalue weighted by Crippen LogP contribution is 2.44. The summed E-state index contributed by atoms with van der Waals surface area (Å²) in [6.45, 7) is 0. The molecule has 1 saturated carbocycles. The molecular weight excluding hydrogens is 265 g/mol. The fourth-order valence-electron chi connectivity index (χ4n) is 2.47. The molecule has 0 bridgehead atoms. The van der Waals surface area contributed by atoms with Gasteiger partial charge in [-0.2, -0.15) is 22.0 Å². The van der Waals surface area contributed by atoms with Crippen LogP contribution in [0.2, 0.25) is 0 Å². The van der Waals surface area contributed by atoms with E-state index < -0.39 is 23.2 Å². The van der Waals surface area contributed by atoms with Crippen LogP contribution in [-0.4, -0.2) is 6.18 Å². The van der Waals surface area contributed by atoms with E-state index in [1.165, 1.54) is 12.1 Å². The predicted molar refractivity (Wildman–Crippen MR) is 60.7 cm³/mol. The third kappa shape index (κ3) is 2.45. The maximum atomic E-state index is 13.1. The van der Waals surface area contributed by atoms with Crippen LogP contribution in [0.4, 0.5) is 22.0 Å². The molecule has 0 atom stereocenters. The molecule has 1 aliphatic rings. The Hall–Kier alpha value is -1.17. The van der Waals surface area contributed by atoms with Crippen molar-refractivity contribution in [3.63, 3.8) is 0 Å². The van der Waals surface area contributed by atoms with Gasteiger partial charge in [0.15, 0.2) is 0 Å². The first-order valence-corrected chi connectivity index (χ1v) is 6.01. The van der Waals surface area contributed by atoms with Gasteiger partial charge in [0, 0.05) is 11.1 Å². The van der Waals surface area contributed by atoms with E-state index in [0.29, 0.717) is 5.56 Å². The highest BCUT2D eigenvalue weighted by molar-refractivity contribution is 5.31. The summed E-state index contributed by atoms with van der Waals surface area (Å²) in [7, 11) is 0. The lowest BCUT2D eigenvalue weighted by Gasteiger charge is -2.25. The molecule has 2 rings (SSSR count). The van der Waals surface area contributed by atoms with Crippen LogP contribution < -0.4 is 5.73 Å². The lowest BCUT2D eigenvalue weighted by Crippen LogP contribution is -2.35. The molecular formula is C13H14F5N. The molecule has 1 nitrogen and oxygen atoms in total. The van der Waals surface area contributed by atoms with Crippen LogP contribution in [0, 0.1) is 0 Å². The van der Waals surface area contributed by atoms with Crippen LogP contribution in [0.3, 0.4) is 0 Å². The Morgan fingerprint density at radius 2 is 1.37 bits per heavy atom. The lowest BCUT2D eigenvalue weighted by atomic mass is 9.88. The Balaban J connectivity index is 2.29. The average molecular weight is 279 g/mol. The molecule has 6 heteroatoms. The number of hydrogen-bond donors (Lipinski definition) is 1. The largest absolute Gasteiger partial charge is 0.458 e. The maximum Gasteiger partial charge on any atom is 0.458 e. The van der Waals surface area contributed by atoms with Crippen molar-refractivity contribution in [3.05, 3.63) is 35.4 Å². The van der Waals surface area contributed by atoms with Crippen molar-refractivity contribution in [1.82, 2.24) is 0 Å². The topological polar surface area (TPSA) is 26.0 Å². The van der Waals surface area contributed by atoms with Gasteiger partial charge in [0.25, 0.3) is 0 Å². The fourth-order valence-corrected chi connectivity index (χ4v) is 2.47. The van der Waals surface area contributed by atoms with E-state index in [1.807, 2.05) is 0 Å². The zero-order chi connectivity index (χ0) is 14.3. The second-order valence-electron chi connectivity index (χ2n) is 5.01. The van der Waals surface area contributed by atoms with E-state index in [0.717, 1.165) is 37.8 Å². The first-order chi connectivity index (χ1) is 8.67. The average Bonchev–Trinajstić information content (AvgIpc) is 2.76. The van der Waals surface area contributed by atoms with E-state index in [-0.39, 0.29) is 0 Å². The molecule has 0 spiro atoms. The van der Waals surface area contributed by atoms with E-state index >= 15 is 0 Å². The third-order valence-electron chi connectivity index (χ3n) is 3.67. The van der Waals surface area contributed by atoms with Gasteiger partial charge >= 0.3 is 12.1 Å². The van der Waals surface area contributed by atoms with E-state index in [9.17, 15) is 22.0 Å². The molecule has 0 heterocycles. The quantitative estimate of drug-likeness (QED) is 0.811. The molecule has 0 saturated heterocycles. The van der Waals surface area contributed by atoms with Crippen LogP contribution in [-0.2, 0) is 11.5 Å². The van der Waals surface area contributed by atoms with Crippen molar-refractivity contribution in [2.45, 2.75) is 43.3 Å². The first kappa shape index (κ1) is 14.2. The molecule has 1 aromatic carbocycles. The summed E-state index contributed by atoms with van der Waals surface area (Å²) in [5, 5.41) is 0. The van der Waals surface area contributed by atoms with E-state index in [2.05, 4.69) is 0 Å². The zero-order valence-corrected chi connectivity index (χ0v) is 10.1. The van der Waals surface area contributed by atoms with Crippen molar-refractivity contribution in [2.24, 2.45) is 5.73 Å². The van der Waals surface area contributed by atoms with Crippen LogP contribution >= 0.6 is 0 Å². The summed E-state index contributed by atoms with van der Waals surface area (Å²) in [5.41, 5.74) is 5.09. The van der Waals surface area contributed by atoms with Gasteiger partial charge in [-0.05, 0) is 18.4 Å². The Labute approximate surface area is 107 Å². The second kappa shape index (κ2) is 4.44. The number of rotatable bonds is 2. The van der Waals surface area contributed by atoms with Crippen molar-refractivity contribution < 1.29 is 22.0 Å². The minimum absolute atomic E-state index is 0.591. The van der Waals surface area contributed by atoms with Gasteiger partial charge in [-0.25, -0.2) is 0 Å². The van der Waals surface area contributed by atoms with Crippen molar-refractivity contribution in [1.29, 1.82) is 0 Å². The SMILES string of the molecule is NC1(c2ccc(C(F)(F)C(F)(F)F)cc2)CCCC1. The highest BCUT2D eigenvalue weighted by Gasteiger charge is 2.58. The Bertz CT molecular complexity index is 443. The van der Waals surface area contributed by atoms with Crippen LogP contribution in [0.25, 0.3) is 0 Å². The monoisotopic (exact) mass is 279 g/mol. The minimum Gasteiger partial charge on any atom is -0.321 e. The fraction of sp³-hybridized carbons (Fsp3) is 0.538. The molecule has 106 valence electrons. The van der Waals surface area contributed by atoms with Gasteiger partial charge in [-0.3, -0.25) is 0 Å². The van der Waals surface area contributed by atoms with Crippen molar-refractivity contribution >= 4 is 0 Å². The smallest absolute Gasteiger partial charge is 0.321 e. The molecule has 1 aliphatic carbocycles. The Morgan fingerprint density at radius 3 is 1.79 bits per heavy atom. The summed E-state index contributed by atoms with van der Waals surface area (Å²) >= 11 is 0. The highest BCUT2D eigenvalue weighted by atomic mass is 19.4. The van der Waals surface area contributed by atoms with Gasteiger partial charge in [-0.1, -0.05) is 37.1 Å². The summed E-state index contributed by atoms with van der Waals surface area (Å²) in [6.07, 6.45) is -2.25. The number of nitrogens with two attached hydrogens (primary N) is 1. The molecule has 2 N–H and O–H groups in total. The zero-order valence-electron chi connectivity index (χ0n) is 10.1. The van der Waals surface area contributed by atoms with Crippen LogP contribution in [0.5, 0.6) is 0 Å². The predicted octanol–water partition coefficient (Wildman–Crippen LogP) is 4.07. The molecule has 0 amide bonds. The van der Waals surface area contributed by atoms with E-state index in [1.54, 1.807) is 0 Å². The van der Waals surface area contributed by atoms with Gasteiger partial charge in [0.2, 0.25) is 0 Å². The number of hydrogen-bond acceptors (Lipinski definition) is 1. The summed E-state index contributed by atoms with van der Waals surface area (Å²) in [4.78, 5) is 0. The second-order valence-corrected chi connectivity index (χ2v) is 5.01. The molecule has 19 heavy (non-hydrogen) atoms. The van der Waals surface area contributed by atoms with Crippen LogP contribution in [0.1, 0.15) is 36.8 Å². The number of alkyl halides is 5. The first-order valence-electron chi connectivity index (χ1n) is 6.01. The molecule has 1 aromatic rings. The summed E-state index contributed by atoms with van der Waals surface area (Å²) < 4.78 is 62.9. The standard InChI is InChI=1S/C13H14F5N/c14-12(15,13(16,17)18)10-5-3-9(4-6-10)11(19)7-1-2-8-11/h3-6H,1-2,7-8,19H2. The van der Waals surface area contributed by atoms with Crippen molar-refractivity contribution in [2.75, 3.05) is 0 Å². The van der Waals surface area contributed by atoms with Gasteiger partial charge < -0.3 is 5.73 Å². The molecule has 0 unspecified atom stereocenters. The van der Waals surface area contributed by atoms with Gasteiger partial charge in [0.05, 0.1) is 0 Å².